The Bertz CT molecular complexity index is 747. The van der Waals surface area contributed by atoms with E-state index in [0.717, 1.165) is 6.54 Å². The number of hydrogen-bond donors (Lipinski definition) is 2. The lowest BCUT2D eigenvalue weighted by Gasteiger charge is -2.32. The van der Waals surface area contributed by atoms with Crippen molar-refractivity contribution in [3.8, 4) is 0 Å². The third-order valence-electron chi connectivity index (χ3n) is 5.55. The Morgan fingerprint density at radius 3 is 2.07 bits per heavy atom. The average molecular weight is 381 g/mol. The Balaban J connectivity index is 0.00000190. The van der Waals surface area contributed by atoms with Crippen LogP contribution in [0.4, 0.5) is 5.69 Å². The van der Waals surface area contributed by atoms with Gasteiger partial charge in [-0.15, -0.1) is 0 Å². The van der Waals surface area contributed by atoms with Crippen LogP contribution in [0.15, 0.2) is 48.8 Å². The first-order chi connectivity index (χ1) is 13.2. The Morgan fingerprint density at radius 1 is 0.929 bits per heavy atom. The Labute approximate surface area is 173 Å². The predicted molar refractivity (Wildman–Crippen MR) is 126 cm³/mol. The molecule has 0 saturated heterocycles. The van der Waals surface area contributed by atoms with E-state index in [2.05, 4.69) is 95.5 Å². The molecular formula is C26H40N2. The predicted octanol–water partition coefficient (Wildman–Crippen LogP) is 7.24. The maximum atomic E-state index is 3.43. The Hall–Kier alpha value is -2.22. The van der Waals surface area contributed by atoms with E-state index in [4.69, 9.17) is 0 Å². The van der Waals surface area contributed by atoms with Crippen molar-refractivity contribution < 1.29 is 0 Å². The molecule has 0 bridgehead atoms. The molecule has 0 saturated carbocycles. The topological polar surface area (TPSA) is 24.1 Å². The number of anilines is 1. The average Bonchev–Trinajstić information content (AvgIpc) is 2.65. The van der Waals surface area contributed by atoms with Crippen molar-refractivity contribution in [1.29, 1.82) is 0 Å². The summed E-state index contributed by atoms with van der Waals surface area (Å²) in [6, 6.07) is 13.2. The molecule has 0 amide bonds. The first-order valence-corrected chi connectivity index (χ1v) is 10.5. The zero-order valence-corrected chi connectivity index (χ0v) is 19.4. The number of aryl methyl sites for hydroxylation is 3. The van der Waals surface area contributed by atoms with Gasteiger partial charge in [0.2, 0.25) is 0 Å². The zero-order chi connectivity index (χ0) is 21.3. The van der Waals surface area contributed by atoms with E-state index >= 15 is 0 Å². The maximum Gasteiger partial charge on any atom is 0.0439 e. The molecule has 2 aromatic carbocycles. The number of benzene rings is 2. The molecule has 2 aromatic rings. The van der Waals surface area contributed by atoms with E-state index in [1.54, 1.807) is 0 Å². The SMILES string of the molecule is CC.Cc1cc(C)c(N/C=C\NCc2ccccc2C(C)(C)C(C)C)c(C)c1. The highest BCUT2D eigenvalue weighted by Gasteiger charge is 2.26. The molecule has 0 fully saturated rings. The minimum atomic E-state index is 0.163. The molecule has 0 heterocycles. The van der Waals surface area contributed by atoms with Crippen molar-refractivity contribution in [2.24, 2.45) is 5.92 Å². The van der Waals surface area contributed by atoms with Crippen molar-refractivity contribution in [3.63, 3.8) is 0 Å². The highest BCUT2D eigenvalue weighted by atomic mass is 14.9. The van der Waals surface area contributed by atoms with Crippen LogP contribution in [0.5, 0.6) is 0 Å². The van der Waals surface area contributed by atoms with E-state index in [1.165, 1.54) is 33.5 Å². The summed E-state index contributed by atoms with van der Waals surface area (Å²) in [6.07, 6.45) is 3.98. The number of hydrogen-bond acceptors (Lipinski definition) is 2. The van der Waals surface area contributed by atoms with Crippen molar-refractivity contribution >= 4 is 5.69 Å². The van der Waals surface area contributed by atoms with E-state index < -0.39 is 0 Å². The summed E-state index contributed by atoms with van der Waals surface area (Å²) in [5, 5.41) is 6.85. The Kier molecular flexibility index (Phi) is 9.31. The summed E-state index contributed by atoms with van der Waals surface area (Å²) < 4.78 is 0. The van der Waals surface area contributed by atoms with E-state index in [-0.39, 0.29) is 5.41 Å². The fraction of sp³-hybridized carbons (Fsp3) is 0.462. The second kappa shape index (κ2) is 10.9. The van der Waals surface area contributed by atoms with Gasteiger partial charge in [0.25, 0.3) is 0 Å². The van der Waals surface area contributed by atoms with Gasteiger partial charge in [0.1, 0.15) is 0 Å². The van der Waals surface area contributed by atoms with Gasteiger partial charge >= 0.3 is 0 Å². The largest absolute Gasteiger partial charge is 0.386 e. The van der Waals surface area contributed by atoms with Gasteiger partial charge < -0.3 is 10.6 Å². The second-order valence-electron chi connectivity index (χ2n) is 8.17. The van der Waals surface area contributed by atoms with Crippen molar-refractivity contribution in [1.82, 2.24) is 5.32 Å². The first-order valence-electron chi connectivity index (χ1n) is 10.5. The van der Waals surface area contributed by atoms with Crippen LogP contribution in [-0.4, -0.2) is 0 Å². The van der Waals surface area contributed by atoms with E-state index in [9.17, 15) is 0 Å². The summed E-state index contributed by atoms with van der Waals surface area (Å²) in [7, 11) is 0. The van der Waals surface area contributed by atoms with Gasteiger partial charge in [-0.2, -0.15) is 0 Å². The smallest absolute Gasteiger partial charge is 0.0439 e. The minimum absolute atomic E-state index is 0.163. The molecule has 0 spiro atoms. The van der Waals surface area contributed by atoms with E-state index in [0.29, 0.717) is 5.92 Å². The van der Waals surface area contributed by atoms with Crippen LogP contribution in [-0.2, 0) is 12.0 Å². The number of nitrogens with one attached hydrogen (secondary N) is 2. The summed E-state index contributed by atoms with van der Waals surface area (Å²) >= 11 is 0. The molecule has 2 nitrogen and oxygen atoms in total. The highest BCUT2D eigenvalue weighted by molar-refractivity contribution is 5.59. The van der Waals surface area contributed by atoms with E-state index in [1.807, 2.05) is 26.2 Å². The van der Waals surface area contributed by atoms with Crippen LogP contribution in [0.3, 0.4) is 0 Å². The van der Waals surface area contributed by atoms with Crippen molar-refractivity contribution in [2.45, 2.75) is 74.3 Å². The fourth-order valence-electron chi connectivity index (χ4n) is 3.37. The van der Waals surface area contributed by atoms with Crippen LogP contribution < -0.4 is 10.6 Å². The minimum Gasteiger partial charge on any atom is -0.386 e. The molecule has 0 radical (unpaired) electrons. The molecular weight excluding hydrogens is 340 g/mol. The molecule has 0 unspecified atom stereocenters. The third-order valence-corrected chi connectivity index (χ3v) is 5.55. The molecule has 28 heavy (non-hydrogen) atoms. The summed E-state index contributed by atoms with van der Waals surface area (Å²) in [6.45, 7) is 20.5. The maximum absolute atomic E-state index is 3.43. The molecule has 0 aliphatic rings. The Morgan fingerprint density at radius 2 is 1.50 bits per heavy atom. The first kappa shape index (κ1) is 23.8. The quantitative estimate of drug-likeness (QED) is 0.529. The normalized spacial score (nSPS) is 11.4. The molecule has 0 atom stereocenters. The lowest BCUT2D eigenvalue weighted by atomic mass is 9.73. The molecule has 2 N–H and O–H groups in total. The van der Waals surface area contributed by atoms with Gasteiger partial charge in [0.05, 0.1) is 0 Å². The highest BCUT2D eigenvalue weighted by Crippen LogP contribution is 2.33. The van der Waals surface area contributed by atoms with Crippen LogP contribution in [0.1, 0.15) is 69.4 Å². The van der Waals surface area contributed by atoms with Crippen molar-refractivity contribution in [2.75, 3.05) is 5.32 Å². The van der Waals surface area contributed by atoms with Gasteiger partial charge in [0, 0.05) is 24.6 Å². The molecule has 0 aromatic heterocycles. The standard InChI is InChI=1S/C24H34N2.C2H6/c1-17(2)24(6,7)22-11-9-8-10-21(22)16-25-12-13-26-23-19(4)14-18(3)15-20(23)5;1-2/h8-15,17,25-26H,16H2,1-7H3;1-2H3/b13-12-;. The van der Waals surface area contributed by atoms with Gasteiger partial charge in [-0.25, -0.2) is 0 Å². The molecule has 0 aliphatic heterocycles. The summed E-state index contributed by atoms with van der Waals surface area (Å²) in [5.41, 5.74) is 7.99. The fourth-order valence-corrected chi connectivity index (χ4v) is 3.37. The summed E-state index contributed by atoms with van der Waals surface area (Å²) in [4.78, 5) is 0. The van der Waals surface area contributed by atoms with Gasteiger partial charge in [-0.3, -0.25) is 0 Å². The van der Waals surface area contributed by atoms with Crippen LogP contribution in [0.2, 0.25) is 0 Å². The number of rotatable bonds is 7. The van der Waals surface area contributed by atoms with Gasteiger partial charge in [0.15, 0.2) is 0 Å². The zero-order valence-electron chi connectivity index (χ0n) is 19.4. The molecule has 2 heteroatoms. The lowest BCUT2D eigenvalue weighted by molar-refractivity contribution is 0.369. The molecule has 154 valence electrons. The van der Waals surface area contributed by atoms with Gasteiger partial charge in [-0.05, 0) is 54.4 Å². The van der Waals surface area contributed by atoms with Crippen LogP contribution in [0.25, 0.3) is 0 Å². The van der Waals surface area contributed by atoms with Gasteiger partial charge in [-0.1, -0.05) is 83.5 Å². The third kappa shape index (κ3) is 6.15. The lowest BCUT2D eigenvalue weighted by Crippen LogP contribution is -2.26. The van der Waals surface area contributed by atoms with Crippen molar-refractivity contribution in [3.05, 3.63) is 76.6 Å². The second-order valence-corrected chi connectivity index (χ2v) is 8.17. The van der Waals surface area contributed by atoms with Crippen LogP contribution >= 0.6 is 0 Å². The van der Waals surface area contributed by atoms with Crippen LogP contribution in [0, 0.1) is 26.7 Å². The molecule has 2 rings (SSSR count). The monoisotopic (exact) mass is 380 g/mol. The summed E-state index contributed by atoms with van der Waals surface area (Å²) in [5.74, 6) is 0.591. The molecule has 0 aliphatic carbocycles.